The highest BCUT2D eigenvalue weighted by Crippen LogP contribution is 2.00. The van der Waals surface area contributed by atoms with Crippen LogP contribution in [0.2, 0.25) is 0 Å². The van der Waals surface area contributed by atoms with Gasteiger partial charge in [-0.25, -0.2) is 8.42 Å². The third-order valence-corrected chi connectivity index (χ3v) is 2.89. The normalized spacial score (nSPS) is 14.1. The predicted molar refractivity (Wildman–Crippen MR) is 54.7 cm³/mol. The molecule has 1 rings (SSSR count). The molecule has 0 fully saturated rings. The van der Waals surface area contributed by atoms with Crippen LogP contribution in [0.5, 0.6) is 0 Å². The van der Waals surface area contributed by atoms with Gasteiger partial charge in [-0.2, -0.15) is 0 Å². The zero-order valence-corrected chi connectivity index (χ0v) is 9.17. The maximum atomic E-state index is 10.9. The molecule has 0 aliphatic carbocycles. The largest absolute Gasteiger partial charge is 0.472 e. The molecular formula is C9H15NO3S. The van der Waals surface area contributed by atoms with E-state index in [1.165, 1.54) is 6.26 Å². The minimum atomic E-state index is -2.90. The molecule has 14 heavy (non-hydrogen) atoms. The van der Waals surface area contributed by atoms with E-state index in [0.29, 0.717) is 6.54 Å². The van der Waals surface area contributed by atoms with E-state index in [4.69, 9.17) is 4.42 Å². The van der Waals surface area contributed by atoms with Gasteiger partial charge in [0.05, 0.1) is 18.3 Å². The molecule has 5 heteroatoms. The van der Waals surface area contributed by atoms with Crippen LogP contribution < -0.4 is 5.32 Å². The lowest BCUT2D eigenvalue weighted by atomic mass is 10.3. The van der Waals surface area contributed by atoms with Crippen LogP contribution >= 0.6 is 0 Å². The quantitative estimate of drug-likeness (QED) is 0.792. The minimum absolute atomic E-state index is 0.0418. The molecule has 1 aromatic heterocycles. The summed E-state index contributed by atoms with van der Waals surface area (Å²) in [6.45, 7) is 2.48. The SMILES string of the molecule is CC(CS(C)(=O)=O)NCc1ccoc1. The summed E-state index contributed by atoms with van der Waals surface area (Å²) in [6.07, 6.45) is 4.47. The topological polar surface area (TPSA) is 59.3 Å². The summed E-state index contributed by atoms with van der Waals surface area (Å²) < 4.78 is 26.8. The van der Waals surface area contributed by atoms with Crippen molar-refractivity contribution in [2.75, 3.05) is 12.0 Å². The van der Waals surface area contributed by atoms with Crippen molar-refractivity contribution in [1.82, 2.24) is 5.32 Å². The summed E-state index contributed by atoms with van der Waals surface area (Å²) >= 11 is 0. The summed E-state index contributed by atoms with van der Waals surface area (Å²) in [4.78, 5) is 0. The maximum absolute atomic E-state index is 10.9. The number of furan rings is 1. The zero-order valence-electron chi connectivity index (χ0n) is 8.36. The average Bonchev–Trinajstić information content (AvgIpc) is 2.49. The van der Waals surface area contributed by atoms with Crippen LogP contribution in [0.3, 0.4) is 0 Å². The van der Waals surface area contributed by atoms with Crippen LogP contribution in [0.15, 0.2) is 23.0 Å². The highest BCUT2D eigenvalue weighted by atomic mass is 32.2. The molecule has 1 unspecified atom stereocenters. The lowest BCUT2D eigenvalue weighted by molar-refractivity contribution is 0.545. The fourth-order valence-electron chi connectivity index (χ4n) is 1.20. The molecular weight excluding hydrogens is 202 g/mol. The van der Waals surface area contributed by atoms with Crippen molar-refractivity contribution >= 4 is 9.84 Å². The Kier molecular flexibility index (Phi) is 3.71. The molecule has 1 atom stereocenters. The Balaban J connectivity index is 2.32. The first kappa shape index (κ1) is 11.3. The molecule has 0 saturated heterocycles. The van der Waals surface area contributed by atoms with Gasteiger partial charge in [-0.3, -0.25) is 0 Å². The van der Waals surface area contributed by atoms with E-state index >= 15 is 0 Å². The standard InChI is InChI=1S/C9H15NO3S/c1-8(7-14(2,11)12)10-5-9-3-4-13-6-9/h3-4,6,8,10H,5,7H2,1-2H3. The summed E-state index contributed by atoms with van der Waals surface area (Å²) in [6, 6.07) is 1.81. The Morgan fingerprint density at radius 3 is 2.79 bits per heavy atom. The molecule has 1 aromatic rings. The third kappa shape index (κ3) is 4.43. The summed E-state index contributed by atoms with van der Waals surface area (Å²) in [5.74, 6) is 0.158. The Hall–Kier alpha value is -0.810. The van der Waals surface area contributed by atoms with Crippen molar-refractivity contribution < 1.29 is 12.8 Å². The van der Waals surface area contributed by atoms with E-state index in [2.05, 4.69) is 5.32 Å². The summed E-state index contributed by atoms with van der Waals surface area (Å²) in [5.41, 5.74) is 1.02. The highest BCUT2D eigenvalue weighted by molar-refractivity contribution is 7.90. The van der Waals surface area contributed by atoms with Crippen molar-refractivity contribution in [2.24, 2.45) is 0 Å². The molecule has 0 aliphatic heterocycles. The first-order valence-electron chi connectivity index (χ1n) is 4.39. The Bertz CT molecular complexity index is 355. The average molecular weight is 217 g/mol. The van der Waals surface area contributed by atoms with Crippen molar-refractivity contribution in [3.8, 4) is 0 Å². The predicted octanol–water partition coefficient (Wildman–Crippen LogP) is 0.802. The van der Waals surface area contributed by atoms with E-state index in [-0.39, 0.29) is 11.8 Å². The van der Waals surface area contributed by atoms with Crippen LogP contribution in [0.25, 0.3) is 0 Å². The molecule has 1 N–H and O–H groups in total. The lowest BCUT2D eigenvalue weighted by Gasteiger charge is -2.11. The number of rotatable bonds is 5. The van der Waals surface area contributed by atoms with Gasteiger partial charge >= 0.3 is 0 Å². The molecule has 0 aliphatic rings. The van der Waals surface area contributed by atoms with Gasteiger partial charge in [0, 0.05) is 24.4 Å². The van der Waals surface area contributed by atoms with E-state index < -0.39 is 9.84 Å². The molecule has 0 bridgehead atoms. The second kappa shape index (κ2) is 4.61. The molecule has 4 nitrogen and oxygen atoms in total. The third-order valence-electron chi connectivity index (χ3n) is 1.79. The molecule has 0 aromatic carbocycles. The molecule has 0 amide bonds. The summed E-state index contributed by atoms with van der Waals surface area (Å²) in [7, 11) is -2.90. The van der Waals surface area contributed by atoms with Gasteiger partial charge in [0.1, 0.15) is 9.84 Å². The van der Waals surface area contributed by atoms with Gasteiger partial charge in [0.15, 0.2) is 0 Å². The van der Waals surface area contributed by atoms with Gasteiger partial charge in [0.2, 0.25) is 0 Å². The monoisotopic (exact) mass is 217 g/mol. The first-order chi connectivity index (χ1) is 6.47. The smallest absolute Gasteiger partial charge is 0.148 e. The minimum Gasteiger partial charge on any atom is -0.472 e. The van der Waals surface area contributed by atoms with E-state index in [1.807, 2.05) is 13.0 Å². The Morgan fingerprint density at radius 1 is 1.57 bits per heavy atom. The van der Waals surface area contributed by atoms with E-state index in [0.717, 1.165) is 5.56 Å². The lowest BCUT2D eigenvalue weighted by Crippen LogP contribution is -2.32. The summed E-state index contributed by atoms with van der Waals surface area (Å²) in [5, 5.41) is 3.10. The van der Waals surface area contributed by atoms with Crippen LogP contribution in [-0.2, 0) is 16.4 Å². The fourth-order valence-corrected chi connectivity index (χ4v) is 2.22. The Labute approximate surface area is 84.2 Å². The van der Waals surface area contributed by atoms with Gasteiger partial charge < -0.3 is 9.73 Å². The second-order valence-electron chi connectivity index (χ2n) is 3.51. The fraction of sp³-hybridized carbons (Fsp3) is 0.556. The molecule has 1 heterocycles. The zero-order chi connectivity index (χ0) is 10.6. The first-order valence-corrected chi connectivity index (χ1v) is 6.45. The van der Waals surface area contributed by atoms with E-state index in [9.17, 15) is 8.42 Å². The number of hydrogen-bond donors (Lipinski definition) is 1. The van der Waals surface area contributed by atoms with Crippen molar-refractivity contribution in [3.63, 3.8) is 0 Å². The number of sulfone groups is 1. The van der Waals surface area contributed by atoms with Crippen LogP contribution in [0, 0.1) is 0 Å². The van der Waals surface area contributed by atoms with Crippen LogP contribution in [-0.4, -0.2) is 26.5 Å². The molecule has 0 spiro atoms. The van der Waals surface area contributed by atoms with Crippen molar-refractivity contribution in [1.29, 1.82) is 0 Å². The van der Waals surface area contributed by atoms with Crippen LogP contribution in [0.4, 0.5) is 0 Å². The van der Waals surface area contributed by atoms with Crippen molar-refractivity contribution in [3.05, 3.63) is 24.2 Å². The van der Waals surface area contributed by atoms with Gasteiger partial charge in [0.25, 0.3) is 0 Å². The van der Waals surface area contributed by atoms with Crippen molar-refractivity contribution in [2.45, 2.75) is 19.5 Å². The molecule has 0 saturated carbocycles. The number of nitrogens with one attached hydrogen (secondary N) is 1. The van der Waals surface area contributed by atoms with Gasteiger partial charge in [-0.1, -0.05) is 0 Å². The molecule has 0 radical (unpaired) electrons. The second-order valence-corrected chi connectivity index (χ2v) is 5.69. The number of hydrogen-bond acceptors (Lipinski definition) is 4. The van der Waals surface area contributed by atoms with Gasteiger partial charge in [-0.05, 0) is 13.0 Å². The Morgan fingerprint density at radius 2 is 2.29 bits per heavy atom. The van der Waals surface area contributed by atoms with E-state index in [1.54, 1.807) is 12.5 Å². The van der Waals surface area contributed by atoms with Gasteiger partial charge in [-0.15, -0.1) is 0 Å². The highest BCUT2D eigenvalue weighted by Gasteiger charge is 2.09. The molecule has 80 valence electrons. The van der Waals surface area contributed by atoms with Crippen LogP contribution in [0.1, 0.15) is 12.5 Å². The maximum Gasteiger partial charge on any atom is 0.148 e.